The van der Waals surface area contributed by atoms with Gasteiger partial charge in [-0.3, -0.25) is 9.10 Å². The van der Waals surface area contributed by atoms with Gasteiger partial charge in [-0.25, -0.2) is 8.42 Å². The number of methoxy groups -OCH3 is 1. The molecule has 2 rings (SSSR count). The third kappa shape index (κ3) is 4.15. The number of anilines is 1. The molecule has 2 aromatic carbocycles. The van der Waals surface area contributed by atoms with Gasteiger partial charge in [0.25, 0.3) is 10.0 Å². The number of hydrogen-bond donors (Lipinski definition) is 0. The summed E-state index contributed by atoms with van der Waals surface area (Å²) in [6.07, 6.45) is 0.844. The number of esters is 1. The van der Waals surface area contributed by atoms with E-state index in [0.717, 1.165) is 20.8 Å². The molecule has 7 heteroatoms. The van der Waals surface area contributed by atoms with E-state index < -0.39 is 16.0 Å². The summed E-state index contributed by atoms with van der Waals surface area (Å²) in [5.41, 5.74) is 1.50. The summed E-state index contributed by atoms with van der Waals surface area (Å²) in [6, 6.07) is 13.3. The molecular weight excluding hydrogens is 394 g/mol. The molecule has 0 saturated heterocycles. The second kappa shape index (κ2) is 7.81. The minimum atomic E-state index is -3.88. The normalized spacial score (nSPS) is 11.1. The van der Waals surface area contributed by atoms with Crippen molar-refractivity contribution in [2.45, 2.75) is 18.2 Å². The molecule has 0 saturated carbocycles. The van der Waals surface area contributed by atoms with Crippen LogP contribution in [0.1, 0.15) is 12.5 Å². The lowest BCUT2D eigenvalue weighted by atomic mass is 10.1. The average Bonchev–Trinajstić information content (AvgIpc) is 2.59. The first kappa shape index (κ1) is 18.5. The van der Waals surface area contributed by atoms with E-state index >= 15 is 0 Å². The van der Waals surface area contributed by atoms with Gasteiger partial charge in [0.2, 0.25) is 0 Å². The van der Waals surface area contributed by atoms with E-state index in [9.17, 15) is 13.2 Å². The lowest BCUT2D eigenvalue weighted by Crippen LogP contribution is -2.36. The van der Waals surface area contributed by atoms with E-state index in [2.05, 4.69) is 20.7 Å². The Labute approximate surface area is 150 Å². The number of carbonyl (C=O) groups excluding carboxylic acids is 1. The number of ether oxygens (including phenoxy) is 1. The lowest BCUT2D eigenvalue weighted by Gasteiger charge is -2.23. The summed E-state index contributed by atoms with van der Waals surface area (Å²) in [7, 11) is -2.65. The molecule has 0 spiro atoms. The first-order valence-electron chi connectivity index (χ1n) is 7.32. The molecule has 0 fully saturated rings. The number of hydrogen-bond acceptors (Lipinski definition) is 4. The van der Waals surface area contributed by atoms with Gasteiger partial charge in [-0.05, 0) is 48.4 Å². The van der Waals surface area contributed by atoms with Crippen LogP contribution in [0.5, 0.6) is 0 Å². The van der Waals surface area contributed by atoms with E-state index in [-0.39, 0.29) is 11.4 Å². The van der Waals surface area contributed by atoms with E-state index in [1.165, 1.54) is 19.2 Å². The van der Waals surface area contributed by atoms with Crippen molar-refractivity contribution in [2.24, 2.45) is 0 Å². The summed E-state index contributed by atoms with van der Waals surface area (Å²) < 4.78 is 32.4. The van der Waals surface area contributed by atoms with E-state index in [4.69, 9.17) is 0 Å². The molecule has 0 aliphatic heterocycles. The van der Waals surface area contributed by atoms with E-state index in [1.54, 1.807) is 24.3 Å². The predicted octanol–water partition coefficient (Wildman–Crippen LogP) is 3.38. The molecule has 0 amide bonds. The van der Waals surface area contributed by atoms with Gasteiger partial charge < -0.3 is 4.74 Å². The number of halogens is 1. The molecule has 0 unspecified atom stereocenters. The van der Waals surface area contributed by atoms with Crippen LogP contribution in [-0.4, -0.2) is 28.0 Å². The number of sulfonamides is 1. The second-order valence-electron chi connectivity index (χ2n) is 5.06. The van der Waals surface area contributed by atoms with Gasteiger partial charge in [0.15, 0.2) is 0 Å². The van der Waals surface area contributed by atoms with Crippen molar-refractivity contribution < 1.29 is 17.9 Å². The van der Waals surface area contributed by atoms with E-state index in [0.29, 0.717) is 5.69 Å². The first-order valence-corrected chi connectivity index (χ1v) is 9.56. The molecule has 0 bridgehead atoms. The molecule has 0 N–H and O–H groups in total. The van der Waals surface area contributed by atoms with Gasteiger partial charge >= 0.3 is 5.97 Å². The number of rotatable bonds is 6. The molecule has 0 heterocycles. The van der Waals surface area contributed by atoms with E-state index in [1.807, 2.05) is 19.1 Å². The van der Waals surface area contributed by atoms with Crippen molar-refractivity contribution in [1.29, 1.82) is 0 Å². The van der Waals surface area contributed by atoms with Crippen LogP contribution in [0.15, 0.2) is 57.9 Å². The molecule has 0 aliphatic rings. The zero-order valence-electron chi connectivity index (χ0n) is 13.4. The fourth-order valence-corrected chi connectivity index (χ4v) is 3.80. The topological polar surface area (TPSA) is 63.7 Å². The Morgan fingerprint density at radius 2 is 1.67 bits per heavy atom. The molecule has 0 aromatic heterocycles. The Balaban J connectivity index is 2.47. The molecule has 0 radical (unpaired) electrons. The fourth-order valence-electron chi connectivity index (χ4n) is 2.13. The van der Waals surface area contributed by atoms with Crippen LogP contribution in [0, 0.1) is 0 Å². The van der Waals surface area contributed by atoms with Crippen molar-refractivity contribution in [3.05, 3.63) is 58.6 Å². The van der Waals surface area contributed by atoms with Gasteiger partial charge in [0.05, 0.1) is 17.7 Å². The minimum Gasteiger partial charge on any atom is -0.468 e. The highest BCUT2D eigenvalue weighted by molar-refractivity contribution is 9.10. The van der Waals surface area contributed by atoms with Crippen LogP contribution < -0.4 is 4.31 Å². The van der Waals surface area contributed by atoms with Crippen molar-refractivity contribution in [3.63, 3.8) is 0 Å². The highest BCUT2D eigenvalue weighted by Crippen LogP contribution is 2.25. The molecule has 24 heavy (non-hydrogen) atoms. The average molecular weight is 412 g/mol. The molecule has 128 valence electrons. The van der Waals surface area contributed by atoms with Gasteiger partial charge in [0.1, 0.15) is 6.54 Å². The maximum Gasteiger partial charge on any atom is 0.326 e. The highest BCUT2D eigenvalue weighted by atomic mass is 79.9. The SMILES string of the molecule is CCc1ccc(N(CC(=O)OC)S(=O)(=O)c2ccc(Br)cc2)cc1. The quantitative estimate of drug-likeness (QED) is 0.683. The molecular formula is C17H18BrNO4S. The molecule has 5 nitrogen and oxygen atoms in total. The first-order chi connectivity index (χ1) is 11.4. The van der Waals surface area contributed by atoms with Crippen molar-refractivity contribution in [2.75, 3.05) is 18.0 Å². The largest absolute Gasteiger partial charge is 0.468 e. The zero-order valence-corrected chi connectivity index (χ0v) is 15.8. The predicted molar refractivity (Wildman–Crippen MR) is 96.5 cm³/mol. The van der Waals surface area contributed by atoms with Crippen LogP contribution in [0.3, 0.4) is 0 Å². The van der Waals surface area contributed by atoms with Crippen LogP contribution >= 0.6 is 15.9 Å². The molecule has 0 atom stereocenters. The number of aryl methyl sites for hydroxylation is 1. The van der Waals surface area contributed by atoms with Gasteiger partial charge in [0, 0.05) is 4.47 Å². The monoisotopic (exact) mass is 411 g/mol. The summed E-state index contributed by atoms with van der Waals surface area (Å²) in [5, 5.41) is 0. The van der Waals surface area contributed by atoms with Gasteiger partial charge in [-0.1, -0.05) is 35.0 Å². The smallest absolute Gasteiger partial charge is 0.326 e. The van der Waals surface area contributed by atoms with Crippen molar-refractivity contribution in [1.82, 2.24) is 0 Å². The maximum atomic E-state index is 13.0. The molecule has 2 aromatic rings. The van der Waals surface area contributed by atoms with Crippen LogP contribution in [0.4, 0.5) is 5.69 Å². The summed E-state index contributed by atoms with van der Waals surface area (Å²) in [5.74, 6) is -0.629. The Kier molecular flexibility index (Phi) is 6.01. The minimum absolute atomic E-state index is 0.106. The number of carbonyl (C=O) groups is 1. The molecule has 0 aliphatic carbocycles. The Morgan fingerprint density at radius 1 is 1.08 bits per heavy atom. The Hall–Kier alpha value is -1.86. The lowest BCUT2D eigenvalue weighted by molar-refractivity contribution is -0.138. The van der Waals surface area contributed by atoms with Crippen molar-refractivity contribution >= 4 is 37.6 Å². The summed E-state index contributed by atoms with van der Waals surface area (Å²) in [4.78, 5) is 11.8. The van der Waals surface area contributed by atoms with Crippen LogP contribution in [0.2, 0.25) is 0 Å². The maximum absolute atomic E-state index is 13.0. The number of nitrogens with zero attached hydrogens (tertiary/aromatic N) is 1. The second-order valence-corrected chi connectivity index (χ2v) is 7.84. The van der Waals surface area contributed by atoms with Crippen LogP contribution in [-0.2, 0) is 26.0 Å². The van der Waals surface area contributed by atoms with Gasteiger partial charge in [-0.15, -0.1) is 0 Å². The Bertz CT molecular complexity index is 801. The van der Waals surface area contributed by atoms with Crippen LogP contribution in [0.25, 0.3) is 0 Å². The highest BCUT2D eigenvalue weighted by Gasteiger charge is 2.27. The standard InChI is InChI=1S/C17H18BrNO4S/c1-3-13-4-8-15(9-5-13)19(12-17(20)23-2)24(21,22)16-10-6-14(18)7-11-16/h4-11H,3,12H2,1-2H3. The zero-order chi connectivity index (χ0) is 17.7. The summed E-state index contributed by atoms with van der Waals surface area (Å²) >= 11 is 3.28. The Morgan fingerprint density at radius 3 is 2.17 bits per heavy atom. The third-order valence-corrected chi connectivity index (χ3v) is 5.85. The third-order valence-electron chi connectivity index (χ3n) is 3.53. The van der Waals surface area contributed by atoms with Crippen molar-refractivity contribution in [3.8, 4) is 0 Å². The fraction of sp³-hybridized carbons (Fsp3) is 0.235. The number of benzene rings is 2. The van der Waals surface area contributed by atoms with Gasteiger partial charge in [-0.2, -0.15) is 0 Å². The summed E-state index contributed by atoms with van der Waals surface area (Å²) in [6.45, 7) is 1.63.